The van der Waals surface area contributed by atoms with Gasteiger partial charge in [-0.15, -0.1) is 0 Å². The zero-order chi connectivity index (χ0) is 53.6. The van der Waals surface area contributed by atoms with Gasteiger partial charge in [-0.05, 0) is 55.7 Å². The lowest BCUT2D eigenvalue weighted by molar-refractivity contribution is -0.136. The molecule has 0 spiro atoms. The lowest BCUT2D eigenvalue weighted by atomic mass is 10.0. The van der Waals surface area contributed by atoms with E-state index in [1.165, 1.54) is 19.4 Å². The van der Waals surface area contributed by atoms with Gasteiger partial charge in [0.1, 0.15) is 42.3 Å². The number of unbranched alkanes of at least 4 members (excludes halogenated alkanes) is 1. The van der Waals surface area contributed by atoms with Gasteiger partial charge in [-0.25, -0.2) is 4.98 Å². The van der Waals surface area contributed by atoms with E-state index in [9.17, 15) is 43.2 Å². The van der Waals surface area contributed by atoms with Crippen molar-refractivity contribution in [1.29, 1.82) is 0 Å². The predicted octanol–water partition coefficient (Wildman–Crippen LogP) is -1.25. The van der Waals surface area contributed by atoms with Gasteiger partial charge >= 0.3 is 0 Å². The summed E-state index contributed by atoms with van der Waals surface area (Å²) in [5, 5.41) is 22.4. The SMILES string of the molecule is CCCC[C@H](NC(C)=O)C(=O)N[C@H]1CC(=O)NCCCC[C@@H](C(N)=O)NC(=O)[C@@H](Cc2c[nH]c3ccccc23)NC(=O)[C@H](CCCN=C(N)N)NC(=O)[C@@H](Cc2ccccc2)NC(=O)[C@H](Cc2cnc[nH]2)NC1=O. The number of benzene rings is 2. The van der Waals surface area contributed by atoms with E-state index in [0.29, 0.717) is 29.7 Å². The van der Waals surface area contributed by atoms with Crippen molar-refractivity contribution in [2.45, 2.75) is 133 Å². The van der Waals surface area contributed by atoms with Gasteiger partial charge < -0.3 is 69.7 Å². The fourth-order valence-corrected chi connectivity index (χ4v) is 8.40. The van der Waals surface area contributed by atoms with Gasteiger partial charge in [-0.2, -0.15) is 0 Å². The van der Waals surface area contributed by atoms with E-state index in [2.05, 4.69) is 62.5 Å². The Kier molecular flexibility index (Phi) is 21.9. The molecule has 2 aromatic carbocycles. The summed E-state index contributed by atoms with van der Waals surface area (Å²) in [5.41, 5.74) is 19.4. The van der Waals surface area contributed by atoms with E-state index in [1.807, 2.05) is 31.2 Å². The number of amides is 9. The Labute approximate surface area is 428 Å². The molecule has 5 rings (SSSR count). The highest BCUT2D eigenvalue weighted by Gasteiger charge is 2.35. The molecule has 4 aromatic rings. The van der Waals surface area contributed by atoms with Crippen LogP contribution in [0, 0.1) is 0 Å². The molecule has 0 unspecified atom stereocenters. The summed E-state index contributed by atoms with van der Waals surface area (Å²) in [6.07, 6.45) is 5.72. The van der Waals surface area contributed by atoms with Crippen LogP contribution in [0.15, 0.2) is 78.3 Å². The number of hydrogen-bond acceptors (Lipinski definition) is 11. The Morgan fingerprint density at radius 1 is 0.757 bits per heavy atom. The Morgan fingerprint density at radius 3 is 2.08 bits per heavy atom. The molecule has 9 amide bonds. The predicted molar refractivity (Wildman–Crippen MR) is 274 cm³/mol. The van der Waals surface area contributed by atoms with Crippen LogP contribution in [-0.2, 0) is 62.4 Å². The third-order valence-corrected chi connectivity index (χ3v) is 12.3. The third kappa shape index (κ3) is 18.1. The van der Waals surface area contributed by atoms with Crippen LogP contribution in [0.4, 0.5) is 0 Å². The molecule has 1 aliphatic heterocycles. The van der Waals surface area contributed by atoms with Crippen molar-refractivity contribution in [3.05, 3.63) is 90.1 Å². The monoisotopic (exact) mass is 1020 g/mol. The minimum absolute atomic E-state index is 0.0408. The van der Waals surface area contributed by atoms with Crippen LogP contribution in [0.2, 0.25) is 0 Å². The number of aromatic nitrogens is 3. The van der Waals surface area contributed by atoms with Crippen molar-refractivity contribution in [1.82, 2.24) is 57.5 Å². The highest BCUT2D eigenvalue weighted by Crippen LogP contribution is 2.20. The number of nitrogens with two attached hydrogens (primary N) is 3. The number of guanidine groups is 1. The molecule has 7 atom stereocenters. The summed E-state index contributed by atoms with van der Waals surface area (Å²) in [6, 6.07) is 6.67. The molecule has 74 heavy (non-hydrogen) atoms. The van der Waals surface area contributed by atoms with Gasteiger partial charge in [0.05, 0.1) is 12.7 Å². The van der Waals surface area contributed by atoms with Crippen LogP contribution >= 0.6 is 0 Å². The van der Waals surface area contributed by atoms with E-state index in [4.69, 9.17) is 17.2 Å². The van der Waals surface area contributed by atoms with E-state index >= 15 is 0 Å². The number of hydrogen-bond donors (Lipinski definition) is 13. The second kappa shape index (κ2) is 28.7. The maximum atomic E-state index is 14.7. The summed E-state index contributed by atoms with van der Waals surface area (Å²) < 4.78 is 0. The van der Waals surface area contributed by atoms with Gasteiger partial charge in [0.15, 0.2) is 5.96 Å². The number of nitrogens with one attached hydrogen (secondary N) is 10. The number of rotatable bonds is 17. The molecule has 0 bridgehead atoms. The van der Waals surface area contributed by atoms with Crippen LogP contribution in [-0.4, -0.2) is 129 Å². The maximum absolute atomic E-state index is 14.7. The molecule has 24 nitrogen and oxygen atoms in total. The molecule has 398 valence electrons. The number of para-hydroxylation sites is 1. The molecule has 16 N–H and O–H groups in total. The van der Waals surface area contributed by atoms with Crippen LogP contribution in [0.3, 0.4) is 0 Å². The van der Waals surface area contributed by atoms with Crippen molar-refractivity contribution in [3.63, 3.8) is 0 Å². The molecule has 1 fully saturated rings. The average molecular weight is 1020 g/mol. The Hall–Kier alpha value is -8.31. The molecule has 0 aliphatic carbocycles. The standard InChI is InChI=1S/C50H69N15O9/c1-3-4-16-36(59-29(2)66)44(69)65-41-25-42(67)55-20-11-10-18-35(43(51)68)60-47(72)39(23-31-26-57-34-17-9-8-15-33(31)34)63-45(70)37(19-12-21-56-50(52)53)61-46(71)38(22-30-13-6-5-7-14-30)62-48(73)40(64-49(41)74)24-32-27-54-28-58-32/h5-9,13-15,17,26-28,35-41,57H,3-4,10-12,16,18-25H2,1-2H3,(H2,51,68)(H,54,58)(H,55,67)(H,59,66)(H,60,72)(H,61,71)(H,62,73)(H,63,70)(H,64,74)(H,65,69)(H4,52,53,56)/t35-,36-,37-,38+,39+,40-,41-/m0/s1. The molecular weight excluding hydrogens is 955 g/mol. The number of aromatic amines is 2. The second-order valence-electron chi connectivity index (χ2n) is 18.2. The Bertz CT molecular complexity index is 2580. The first-order valence-corrected chi connectivity index (χ1v) is 24.8. The quantitative estimate of drug-likeness (QED) is 0.0335. The molecule has 0 radical (unpaired) electrons. The van der Waals surface area contributed by atoms with E-state index in [-0.39, 0.29) is 76.8 Å². The van der Waals surface area contributed by atoms with Crippen LogP contribution in [0.5, 0.6) is 0 Å². The fraction of sp³-hybridized carbons (Fsp3) is 0.460. The number of imidazole rings is 1. The first-order chi connectivity index (χ1) is 35.5. The number of primary amides is 1. The first kappa shape index (κ1) is 56.6. The number of carbonyl (C=O) groups is 9. The van der Waals surface area contributed by atoms with Gasteiger partial charge in [0.2, 0.25) is 53.2 Å². The number of aliphatic imine (C=N–C) groups is 1. The second-order valence-corrected chi connectivity index (χ2v) is 18.2. The topological polar surface area (TPSA) is 385 Å². The average Bonchev–Trinajstić information content (AvgIpc) is 4.04. The number of carbonyl (C=O) groups excluding carboxylic acids is 9. The lowest BCUT2D eigenvalue weighted by Gasteiger charge is -2.28. The van der Waals surface area contributed by atoms with Crippen molar-refractivity contribution in [3.8, 4) is 0 Å². The Morgan fingerprint density at radius 2 is 1.41 bits per heavy atom. The molecular formula is C50H69N15O9. The van der Waals surface area contributed by atoms with Gasteiger partial charge in [-0.3, -0.25) is 48.1 Å². The van der Waals surface area contributed by atoms with Crippen LogP contribution in [0.25, 0.3) is 10.9 Å². The van der Waals surface area contributed by atoms with Gasteiger partial charge in [0, 0.05) is 68.3 Å². The number of nitrogens with zero attached hydrogens (tertiary/aromatic N) is 2. The highest BCUT2D eigenvalue weighted by atomic mass is 16.2. The Balaban J connectivity index is 1.55. The highest BCUT2D eigenvalue weighted by molar-refractivity contribution is 5.99. The molecule has 1 aliphatic rings. The van der Waals surface area contributed by atoms with Crippen molar-refractivity contribution < 1.29 is 43.2 Å². The molecule has 1 saturated heterocycles. The normalized spacial score (nSPS) is 21.3. The van der Waals surface area contributed by atoms with Crippen LogP contribution < -0.4 is 59.7 Å². The lowest BCUT2D eigenvalue weighted by Crippen LogP contribution is -2.61. The summed E-state index contributed by atoms with van der Waals surface area (Å²) in [7, 11) is 0. The third-order valence-electron chi connectivity index (χ3n) is 12.3. The number of H-pyrrole nitrogens is 2. The molecule has 3 heterocycles. The van der Waals surface area contributed by atoms with Crippen LogP contribution in [0.1, 0.15) is 88.5 Å². The van der Waals surface area contributed by atoms with E-state index in [0.717, 1.165) is 10.9 Å². The smallest absolute Gasteiger partial charge is 0.243 e. The zero-order valence-corrected chi connectivity index (χ0v) is 41.7. The summed E-state index contributed by atoms with van der Waals surface area (Å²) in [4.78, 5) is 139. The fourth-order valence-electron chi connectivity index (χ4n) is 8.40. The first-order valence-electron chi connectivity index (χ1n) is 24.8. The zero-order valence-electron chi connectivity index (χ0n) is 41.7. The van der Waals surface area contributed by atoms with E-state index in [1.54, 1.807) is 36.5 Å². The maximum Gasteiger partial charge on any atom is 0.243 e. The summed E-state index contributed by atoms with van der Waals surface area (Å²) in [5.74, 6) is -7.10. The minimum Gasteiger partial charge on any atom is -0.370 e. The summed E-state index contributed by atoms with van der Waals surface area (Å²) >= 11 is 0. The van der Waals surface area contributed by atoms with Crippen molar-refractivity contribution in [2.75, 3.05) is 13.1 Å². The van der Waals surface area contributed by atoms with Gasteiger partial charge in [0.25, 0.3) is 0 Å². The van der Waals surface area contributed by atoms with Crippen molar-refractivity contribution in [2.24, 2.45) is 22.2 Å². The van der Waals surface area contributed by atoms with Crippen molar-refractivity contribution >= 4 is 70.0 Å². The van der Waals surface area contributed by atoms with E-state index < -0.39 is 102 Å². The minimum atomic E-state index is -1.58. The summed E-state index contributed by atoms with van der Waals surface area (Å²) in [6.45, 7) is 3.26. The molecule has 2 aromatic heterocycles. The molecule has 0 saturated carbocycles. The number of fused-ring (bicyclic) bond motifs is 1. The largest absolute Gasteiger partial charge is 0.370 e. The van der Waals surface area contributed by atoms with Gasteiger partial charge in [-0.1, -0.05) is 68.3 Å². The molecule has 24 heteroatoms.